The molecule has 3 amide bonds. The summed E-state index contributed by atoms with van der Waals surface area (Å²) in [6.45, 7) is 0.124. The number of carbonyl (C=O) groups is 4. The van der Waals surface area contributed by atoms with E-state index >= 15 is 0 Å². The Morgan fingerprint density at radius 2 is 1.33 bits per heavy atom. The topological polar surface area (TPSA) is 93.2 Å². The Bertz CT molecular complexity index is 1810. The number of ether oxygens (including phenoxy) is 2. The summed E-state index contributed by atoms with van der Waals surface area (Å²) in [5, 5.41) is 0.445. The molecule has 2 fully saturated rings. The lowest BCUT2D eigenvalue weighted by molar-refractivity contribution is -0.139. The minimum absolute atomic E-state index is 0.0146. The number of benzene rings is 4. The van der Waals surface area contributed by atoms with Crippen LogP contribution in [0.4, 0.5) is 11.4 Å². The second kappa shape index (κ2) is 10.3. The zero-order chi connectivity index (χ0) is 31.0. The summed E-state index contributed by atoms with van der Waals surface area (Å²) in [6.07, 6.45) is -0.0146. The van der Waals surface area contributed by atoms with Gasteiger partial charge in [0.2, 0.25) is 17.7 Å². The third-order valence-corrected chi connectivity index (χ3v) is 9.89. The van der Waals surface area contributed by atoms with Crippen LogP contribution in [0.3, 0.4) is 0 Å². The van der Waals surface area contributed by atoms with Gasteiger partial charge in [-0.05, 0) is 64.7 Å². The van der Waals surface area contributed by atoms with E-state index in [1.54, 1.807) is 42.5 Å². The van der Waals surface area contributed by atoms with Crippen LogP contribution in [0.1, 0.15) is 40.5 Å². The summed E-state index contributed by atoms with van der Waals surface area (Å²) in [5.41, 5.74) is 5.39. The maximum atomic E-state index is 14.0. The first kappa shape index (κ1) is 27.6. The van der Waals surface area contributed by atoms with Crippen molar-refractivity contribution < 1.29 is 28.7 Å². The lowest BCUT2D eigenvalue weighted by atomic mass is 9.55. The van der Waals surface area contributed by atoms with E-state index in [4.69, 9.17) is 21.1 Å². The molecule has 224 valence electrons. The molecule has 45 heavy (non-hydrogen) atoms. The molecule has 8 nitrogen and oxygen atoms in total. The van der Waals surface area contributed by atoms with Crippen molar-refractivity contribution in [2.45, 2.75) is 18.3 Å². The minimum atomic E-state index is -0.690. The van der Waals surface area contributed by atoms with Crippen LogP contribution in [0, 0.1) is 17.8 Å². The number of rotatable bonds is 5. The highest BCUT2D eigenvalue weighted by Crippen LogP contribution is 2.61. The van der Waals surface area contributed by atoms with E-state index in [0.29, 0.717) is 22.1 Å². The lowest BCUT2D eigenvalue weighted by Crippen LogP contribution is -2.41. The van der Waals surface area contributed by atoms with Gasteiger partial charge in [0, 0.05) is 29.8 Å². The summed E-state index contributed by atoms with van der Waals surface area (Å²) in [7, 11) is 1.50. The van der Waals surface area contributed by atoms with Crippen LogP contribution in [-0.2, 0) is 19.2 Å². The van der Waals surface area contributed by atoms with Crippen LogP contribution in [-0.4, -0.2) is 37.3 Å². The number of anilines is 2. The van der Waals surface area contributed by atoms with Gasteiger partial charge in [0.05, 0.1) is 36.2 Å². The van der Waals surface area contributed by atoms with Gasteiger partial charge >= 0.3 is 5.97 Å². The molecule has 5 aliphatic rings. The Morgan fingerprint density at radius 3 is 1.87 bits per heavy atom. The molecule has 0 aromatic heterocycles. The van der Waals surface area contributed by atoms with Crippen LogP contribution >= 0.6 is 11.6 Å². The van der Waals surface area contributed by atoms with E-state index in [9.17, 15) is 19.2 Å². The first-order chi connectivity index (χ1) is 21.9. The molecule has 0 radical (unpaired) electrons. The normalized spacial score (nSPS) is 24.4. The van der Waals surface area contributed by atoms with Gasteiger partial charge in [-0.15, -0.1) is 0 Å². The largest absolute Gasteiger partial charge is 0.495 e. The molecule has 4 aromatic rings. The summed E-state index contributed by atoms with van der Waals surface area (Å²) in [6, 6.07) is 27.6. The quantitative estimate of drug-likeness (QED) is 0.162. The van der Waals surface area contributed by atoms with Crippen LogP contribution < -0.4 is 19.3 Å². The Balaban J connectivity index is 1.01. The molecule has 0 spiro atoms. The van der Waals surface area contributed by atoms with Crippen molar-refractivity contribution in [3.8, 4) is 11.5 Å². The average Bonchev–Trinajstić information content (AvgIpc) is 3.58. The number of esters is 1. The number of methoxy groups -OCH3 is 1. The van der Waals surface area contributed by atoms with Gasteiger partial charge < -0.3 is 14.4 Å². The van der Waals surface area contributed by atoms with Crippen molar-refractivity contribution in [3.63, 3.8) is 0 Å². The Morgan fingerprint density at radius 1 is 0.778 bits per heavy atom. The van der Waals surface area contributed by atoms with Crippen molar-refractivity contribution in [3.05, 3.63) is 118 Å². The molecule has 3 aliphatic carbocycles. The fraction of sp³-hybridized carbons (Fsp3) is 0.222. The Labute approximate surface area is 264 Å². The highest BCUT2D eigenvalue weighted by Gasteiger charge is 2.61. The number of carbonyl (C=O) groups excluding carboxylic acids is 4. The number of nitrogens with zero attached hydrogens (tertiary/aromatic N) is 2. The van der Waals surface area contributed by atoms with E-state index in [0.717, 1.165) is 22.3 Å². The highest BCUT2D eigenvalue weighted by molar-refractivity contribution is 6.31. The molecule has 0 N–H and O–H groups in total. The number of hydrogen-bond donors (Lipinski definition) is 0. The molecular formula is C36H27ClN2O6. The average molecular weight is 619 g/mol. The highest BCUT2D eigenvalue weighted by atomic mass is 35.5. The van der Waals surface area contributed by atoms with Crippen LogP contribution in [0.25, 0.3) is 0 Å². The first-order valence-electron chi connectivity index (χ1n) is 14.9. The second-order valence-electron chi connectivity index (χ2n) is 11.9. The predicted molar refractivity (Wildman–Crippen MR) is 167 cm³/mol. The maximum Gasteiger partial charge on any atom is 0.316 e. The van der Waals surface area contributed by atoms with E-state index in [2.05, 4.69) is 24.3 Å². The summed E-state index contributed by atoms with van der Waals surface area (Å²) in [5.74, 6) is -2.50. The number of hydrogen-bond acceptors (Lipinski definition) is 6. The predicted octanol–water partition coefficient (Wildman–Crippen LogP) is 5.70. The number of amides is 3. The van der Waals surface area contributed by atoms with Gasteiger partial charge in [-0.25, -0.2) is 4.90 Å². The van der Waals surface area contributed by atoms with Gasteiger partial charge in [0.15, 0.2) is 0 Å². The fourth-order valence-electron chi connectivity index (χ4n) is 7.77. The molecule has 4 aromatic carbocycles. The van der Waals surface area contributed by atoms with Gasteiger partial charge in [-0.3, -0.25) is 19.2 Å². The molecule has 0 saturated carbocycles. The maximum absolute atomic E-state index is 14.0. The molecule has 2 heterocycles. The third-order valence-electron chi connectivity index (χ3n) is 9.65. The molecule has 2 aliphatic heterocycles. The zero-order valence-corrected chi connectivity index (χ0v) is 24.9. The van der Waals surface area contributed by atoms with Crippen LogP contribution in [0.5, 0.6) is 11.5 Å². The molecule has 9 rings (SSSR count). The van der Waals surface area contributed by atoms with E-state index in [1.807, 2.05) is 24.3 Å². The van der Waals surface area contributed by atoms with E-state index in [1.165, 1.54) is 16.9 Å². The summed E-state index contributed by atoms with van der Waals surface area (Å²) >= 11 is 6.15. The molecule has 2 saturated heterocycles. The molecular weight excluding hydrogens is 592 g/mol. The fourth-order valence-corrected chi connectivity index (χ4v) is 7.93. The van der Waals surface area contributed by atoms with Gasteiger partial charge in [-0.2, -0.15) is 0 Å². The lowest BCUT2D eigenvalue weighted by Gasteiger charge is -2.45. The van der Waals surface area contributed by atoms with Crippen molar-refractivity contribution in [2.24, 2.45) is 17.8 Å². The zero-order valence-electron chi connectivity index (χ0n) is 24.2. The van der Waals surface area contributed by atoms with E-state index in [-0.39, 0.29) is 48.3 Å². The van der Waals surface area contributed by atoms with Crippen molar-refractivity contribution in [1.29, 1.82) is 0 Å². The molecule has 9 heteroatoms. The summed E-state index contributed by atoms with van der Waals surface area (Å²) < 4.78 is 11.0. The minimum Gasteiger partial charge on any atom is -0.495 e. The standard InChI is InChI=1S/C36H27ClN2O6/c1-44-28-15-10-20(37)17-27(28)38-18-19(16-29(38)40)36(43)45-22-13-11-21(12-14-22)39-34(41)32-30-23-6-2-3-7-24(23)31(33(32)35(39)42)26-9-5-4-8-25(26)30/h2-15,17,19,30-33H,16,18H2,1H3/t19-,30?,31?,32-,33+/m1/s1. The van der Waals surface area contributed by atoms with Crippen molar-refractivity contribution in [1.82, 2.24) is 0 Å². The van der Waals surface area contributed by atoms with Crippen LogP contribution in [0.15, 0.2) is 91.0 Å². The number of imide groups is 1. The molecule has 2 bridgehead atoms. The smallest absolute Gasteiger partial charge is 0.316 e. The first-order valence-corrected chi connectivity index (χ1v) is 15.2. The van der Waals surface area contributed by atoms with Crippen LogP contribution in [0.2, 0.25) is 5.02 Å². The number of halogens is 1. The SMILES string of the molecule is COc1ccc(Cl)cc1N1C[C@H](C(=O)Oc2ccc(N3C(=O)[C@@H]4C5c6ccccc6C(c6ccccc65)[C@@H]4C3=O)cc2)CC1=O. The van der Waals surface area contributed by atoms with Crippen molar-refractivity contribution in [2.75, 3.05) is 23.5 Å². The monoisotopic (exact) mass is 618 g/mol. The van der Waals surface area contributed by atoms with Gasteiger partial charge in [0.25, 0.3) is 0 Å². The molecule has 0 unspecified atom stereocenters. The Hall–Kier alpha value is -4.95. The van der Waals surface area contributed by atoms with Gasteiger partial charge in [0.1, 0.15) is 11.5 Å². The summed E-state index contributed by atoms with van der Waals surface area (Å²) in [4.78, 5) is 56.7. The van der Waals surface area contributed by atoms with E-state index < -0.39 is 23.7 Å². The van der Waals surface area contributed by atoms with Gasteiger partial charge in [-0.1, -0.05) is 60.1 Å². The second-order valence-corrected chi connectivity index (χ2v) is 12.3. The third kappa shape index (κ3) is 4.12. The molecule has 3 atom stereocenters. The Kier molecular flexibility index (Phi) is 6.32. The van der Waals surface area contributed by atoms with Crippen molar-refractivity contribution >= 4 is 46.7 Å².